The first-order valence-corrected chi connectivity index (χ1v) is 6.08. The molecule has 2 bridgehead atoms. The van der Waals surface area contributed by atoms with Gasteiger partial charge in [0.2, 0.25) is 0 Å². The van der Waals surface area contributed by atoms with Crippen molar-refractivity contribution >= 4 is 11.9 Å². The molecule has 0 aromatic carbocycles. The van der Waals surface area contributed by atoms with Gasteiger partial charge in [0.05, 0.1) is 18.9 Å². The molecule has 4 unspecified atom stereocenters. The van der Waals surface area contributed by atoms with Crippen molar-refractivity contribution in [3.05, 3.63) is 0 Å². The number of hydrogen-bond acceptors (Lipinski definition) is 3. The topological polar surface area (TPSA) is 63.6 Å². The minimum absolute atomic E-state index is 0.0779. The Morgan fingerprint density at radius 3 is 2.35 bits per heavy atom. The summed E-state index contributed by atoms with van der Waals surface area (Å²) in [5.41, 5.74) is -0.372. The molecule has 2 saturated carbocycles. The minimum atomic E-state index is -0.859. The highest BCUT2D eigenvalue weighted by molar-refractivity contribution is 5.83. The molecule has 2 rings (SSSR count). The largest absolute Gasteiger partial charge is 0.481 e. The van der Waals surface area contributed by atoms with E-state index in [2.05, 4.69) is 13.8 Å². The van der Waals surface area contributed by atoms with Gasteiger partial charge in [0.25, 0.3) is 0 Å². The van der Waals surface area contributed by atoms with Crippen molar-refractivity contribution in [2.45, 2.75) is 33.6 Å². The monoisotopic (exact) mass is 240 g/mol. The van der Waals surface area contributed by atoms with E-state index in [1.54, 1.807) is 0 Å². The summed E-state index contributed by atoms with van der Waals surface area (Å²) in [6, 6.07) is 0. The number of esters is 1. The predicted octanol–water partition coefficient (Wildman–Crippen LogP) is 1.93. The SMILES string of the molecule is COC(=O)C1C(C(=O)O)C2CCC1(C)C2(C)C. The maximum absolute atomic E-state index is 11.9. The third-order valence-electron chi connectivity index (χ3n) is 5.59. The van der Waals surface area contributed by atoms with Crippen LogP contribution in [0.1, 0.15) is 33.6 Å². The van der Waals surface area contributed by atoms with Gasteiger partial charge in [-0.05, 0) is 29.6 Å². The molecule has 0 aromatic heterocycles. The summed E-state index contributed by atoms with van der Waals surface area (Å²) in [4.78, 5) is 23.4. The number of carboxylic acids is 1. The number of carbonyl (C=O) groups excluding carboxylic acids is 1. The Morgan fingerprint density at radius 2 is 1.88 bits per heavy atom. The number of ether oxygens (including phenoxy) is 1. The highest BCUT2D eigenvalue weighted by Gasteiger charge is 2.70. The van der Waals surface area contributed by atoms with Crippen LogP contribution in [0.25, 0.3) is 0 Å². The van der Waals surface area contributed by atoms with Gasteiger partial charge in [0.1, 0.15) is 0 Å². The van der Waals surface area contributed by atoms with Gasteiger partial charge in [0.15, 0.2) is 0 Å². The van der Waals surface area contributed by atoms with Gasteiger partial charge >= 0.3 is 11.9 Å². The number of methoxy groups -OCH3 is 1. The number of rotatable bonds is 2. The summed E-state index contributed by atoms with van der Waals surface area (Å²) >= 11 is 0. The van der Waals surface area contributed by atoms with Crippen molar-refractivity contribution in [3.63, 3.8) is 0 Å². The highest BCUT2D eigenvalue weighted by Crippen LogP contribution is 2.70. The van der Waals surface area contributed by atoms with Crippen LogP contribution >= 0.6 is 0 Å². The van der Waals surface area contributed by atoms with Crippen LogP contribution in [0, 0.1) is 28.6 Å². The first kappa shape index (κ1) is 12.4. The van der Waals surface area contributed by atoms with Crippen molar-refractivity contribution < 1.29 is 19.4 Å². The zero-order valence-electron chi connectivity index (χ0n) is 10.8. The lowest BCUT2D eigenvalue weighted by molar-refractivity contribution is -0.161. The molecule has 0 aromatic rings. The average Bonchev–Trinajstić information content (AvgIpc) is 2.57. The maximum Gasteiger partial charge on any atom is 0.310 e. The van der Waals surface area contributed by atoms with Crippen LogP contribution in [-0.4, -0.2) is 24.2 Å². The summed E-state index contributed by atoms with van der Waals surface area (Å²) in [5.74, 6) is -2.24. The molecule has 2 fully saturated rings. The molecule has 2 aliphatic carbocycles. The van der Waals surface area contributed by atoms with Gasteiger partial charge < -0.3 is 9.84 Å². The Balaban J connectivity index is 2.49. The number of carboxylic acid groups (broad SMARTS) is 1. The summed E-state index contributed by atoms with van der Waals surface area (Å²) in [6.45, 7) is 6.21. The molecule has 4 nitrogen and oxygen atoms in total. The third kappa shape index (κ3) is 1.30. The second-order valence-electron chi connectivity index (χ2n) is 6.15. The van der Waals surface area contributed by atoms with Crippen molar-refractivity contribution in [3.8, 4) is 0 Å². The van der Waals surface area contributed by atoms with Crippen LogP contribution in [0.4, 0.5) is 0 Å². The molecule has 0 heterocycles. The molecule has 4 atom stereocenters. The fourth-order valence-electron chi connectivity index (χ4n) is 4.22. The lowest BCUT2D eigenvalue weighted by atomic mass is 9.66. The van der Waals surface area contributed by atoms with E-state index in [1.165, 1.54) is 7.11 Å². The average molecular weight is 240 g/mol. The number of hydrogen-bond donors (Lipinski definition) is 1. The molecule has 17 heavy (non-hydrogen) atoms. The summed E-state index contributed by atoms with van der Waals surface area (Å²) < 4.78 is 4.82. The lowest BCUT2D eigenvalue weighted by Gasteiger charge is -2.38. The summed E-state index contributed by atoms with van der Waals surface area (Å²) in [6.07, 6.45) is 1.81. The van der Waals surface area contributed by atoms with Gasteiger partial charge in [-0.1, -0.05) is 20.8 Å². The lowest BCUT2D eigenvalue weighted by Crippen LogP contribution is -2.41. The summed E-state index contributed by atoms with van der Waals surface area (Å²) in [5, 5.41) is 9.39. The van der Waals surface area contributed by atoms with Gasteiger partial charge in [-0.15, -0.1) is 0 Å². The fourth-order valence-corrected chi connectivity index (χ4v) is 4.22. The minimum Gasteiger partial charge on any atom is -0.481 e. The zero-order chi connectivity index (χ0) is 13.0. The van der Waals surface area contributed by atoms with Crippen molar-refractivity contribution in [2.75, 3.05) is 7.11 Å². The Morgan fingerprint density at radius 1 is 1.29 bits per heavy atom. The van der Waals surface area contributed by atoms with E-state index in [-0.39, 0.29) is 22.7 Å². The van der Waals surface area contributed by atoms with Crippen LogP contribution in [-0.2, 0) is 14.3 Å². The molecule has 0 spiro atoms. The molecule has 0 saturated heterocycles. The molecule has 2 aliphatic rings. The maximum atomic E-state index is 11.9. The molecule has 4 heteroatoms. The first-order valence-electron chi connectivity index (χ1n) is 6.08. The second kappa shape index (κ2) is 3.47. The summed E-state index contributed by atoms with van der Waals surface area (Å²) in [7, 11) is 1.34. The molecule has 0 amide bonds. The first-order chi connectivity index (χ1) is 7.77. The van der Waals surface area contributed by atoms with Crippen LogP contribution in [0.3, 0.4) is 0 Å². The fraction of sp³-hybridized carbons (Fsp3) is 0.846. The van der Waals surface area contributed by atoms with E-state index in [9.17, 15) is 14.7 Å². The number of aliphatic carboxylic acids is 1. The molecular weight excluding hydrogens is 220 g/mol. The van der Waals surface area contributed by atoms with Crippen molar-refractivity contribution in [1.29, 1.82) is 0 Å². The standard InChI is InChI=1S/C13H20O4/c1-12(2)7-5-6-13(12,3)9(11(16)17-4)8(7)10(14)15/h7-9H,5-6H2,1-4H3,(H,14,15). The van der Waals surface area contributed by atoms with Gasteiger partial charge in [0, 0.05) is 0 Å². The Hall–Kier alpha value is -1.06. The van der Waals surface area contributed by atoms with E-state index >= 15 is 0 Å². The van der Waals surface area contributed by atoms with Crippen LogP contribution in [0.15, 0.2) is 0 Å². The predicted molar refractivity (Wildman–Crippen MR) is 61.2 cm³/mol. The van der Waals surface area contributed by atoms with Gasteiger partial charge in [-0.2, -0.15) is 0 Å². The van der Waals surface area contributed by atoms with E-state index < -0.39 is 17.8 Å². The quantitative estimate of drug-likeness (QED) is 0.749. The zero-order valence-corrected chi connectivity index (χ0v) is 10.8. The molecular formula is C13H20O4. The van der Waals surface area contributed by atoms with Crippen LogP contribution < -0.4 is 0 Å². The van der Waals surface area contributed by atoms with Gasteiger partial charge in [-0.25, -0.2) is 0 Å². The Kier molecular flexibility index (Phi) is 2.53. The third-order valence-corrected chi connectivity index (χ3v) is 5.59. The highest BCUT2D eigenvalue weighted by atomic mass is 16.5. The molecule has 0 aliphatic heterocycles. The van der Waals surface area contributed by atoms with Crippen LogP contribution in [0.5, 0.6) is 0 Å². The van der Waals surface area contributed by atoms with Gasteiger partial charge in [-0.3, -0.25) is 9.59 Å². The second-order valence-corrected chi connectivity index (χ2v) is 6.15. The van der Waals surface area contributed by atoms with E-state index in [4.69, 9.17) is 4.74 Å². The molecule has 0 radical (unpaired) electrons. The van der Waals surface area contributed by atoms with E-state index in [0.717, 1.165) is 12.8 Å². The Bertz CT molecular complexity index is 374. The van der Waals surface area contributed by atoms with E-state index in [0.29, 0.717) is 0 Å². The number of carbonyl (C=O) groups is 2. The molecule has 1 N–H and O–H groups in total. The van der Waals surface area contributed by atoms with E-state index in [1.807, 2.05) is 6.92 Å². The van der Waals surface area contributed by atoms with Crippen molar-refractivity contribution in [2.24, 2.45) is 28.6 Å². The van der Waals surface area contributed by atoms with Crippen LogP contribution in [0.2, 0.25) is 0 Å². The normalized spacial score (nSPS) is 42.5. The number of fused-ring (bicyclic) bond motifs is 2. The Labute approximate surface area is 101 Å². The van der Waals surface area contributed by atoms with Crippen molar-refractivity contribution in [1.82, 2.24) is 0 Å². The molecule has 96 valence electrons. The smallest absolute Gasteiger partial charge is 0.310 e.